The lowest BCUT2D eigenvalue weighted by atomic mass is 9.97. The lowest BCUT2D eigenvalue weighted by Crippen LogP contribution is -2.47. The molecule has 0 aromatic heterocycles. The van der Waals surface area contributed by atoms with Gasteiger partial charge in [-0.2, -0.15) is 21.6 Å². The molecular weight excluding hydrogens is 317 g/mol. The van der Waals surface area contributed by atoms with Crippen molar-refractivity contribution in [2.45, 2.75) is 24.5 Å². The van der Waals surface area contributed by atoms with Crippen molar-refractivity contribution in [1.82, 2.24) is 0 Å². The number of benzene rings is 1. The first-order chi connectivity index (χ1) is 9.35. The number of carboxylic acid groups (broad SMARTS) is 1. The molecule has 6 nitrogen and oxygen atoms in total. The molecule has 10 heteroatoms. The predicted octanol–water partition coefficient (Wildman–Crippen LogP) is -0.0416. The molecule has 1 N–H and O–H groups in total. The first kappa shape index (κ1) is 17.2. The number of rotatable bonds is 5. The Morgan fingerprint density at radius 3 is 2.43 bits per heavy atom. The van der Waals surface area contributed by atoms with Gasteiger partial charge in [-0.05, 0) is 24.6 Å². The van der Waals surface area contributed by atoms with E-state index in [1.54, 1.807) is 0 Å². The zero-order chi connectivity index (χ0) is 16.5. The van der Waals surface area contributed by atoms with E-state index in [2.05, 4.69) is 4.18 Å². The fraction of sp³-hybridized carbons (Fsp3) is 0.364. The van der Waals surface area contributed by atoms with Gasteiger partial charge in [-0.25, -0.2) is 0 Å². The molecule has 0 aliphatic rings. The molecule has 0 fully saturated rings. The third-order valence-corrected chi connectivity index (χ3v) is 3.35. The number of carbonyl (C=O) groups excluding carboxylic acids is 1. The Balaban J connectivity index is 3.00. The Morgan fingerprint density at radius 1 is 1.38 bits per heavy atom. The van der Waals surface area contributed by atoms with Gasteiger partial charge in [0.1, 0.15) is 11.4 Å². The normalized spacial score (nSPS) is 15.3. The van der Waals surface area contributed by atoms with Crippen LogP contribution in [-0.4, -0.2) is 30.6 Å². The molecule has 0 saturated carbocycles. The van der Waals surface area contributed by atoms with E-state index in [4.69, 9.17) is 0 Å². The number of aliphatic hydroxyl groups is 1. The zero-order valence-electron chi connectivity index (χ0n) is 10.5. The van der Waals surface area contributed by atoms with Crippen molar-refractivity contribution in [3.8, 4) is 5.75 Å². The van der Waals surface area contributed by atoms with Crippen molar-refractivity contribution in [2.24, 2.45) is 0 Å². The van der Waals surface area contributed by atoms with Gasteiger partial charge in [0.15, 0.2) is 0 Å². The summed E-state index contributed by atoms with van der Waals surface area (Å²) in [5.74, 6) is -2.43. The Hall–Kier alpha value is -1.81. The topological polar surface area (TPSA) is 104 Å². The average molecular weight is 327 g/mol. The minimum absolute atomic E-state index is 0.0547. The summed E-state index contributed by atoms with van der Waals surface area (Å²) in [4.78, 5) is 10.6. The highest BCUT2D eigenvalue weighted by molar-refractivity contribution is 7.87. The third-order valence-electron chi connectivity index (χ3n) is 2.38. The fourth-order valence-electron chi connectivity index (χ4n) is 1.35. The van der Waals surface area contributed by atoms with E-state index in [9.17, 15) is 36.6 Å². The number of carboxylic acids is 1. The van der Waals surface area contributed by atoms with Gasteiger partial charge in [0.2, 0.25) is 0 Å². The van der Waals surface area contributed by atoms with Crippen molar-refractivity contribution in [3.05, 3.63) is 29.8 Å². The minimum Gasteiger partial charge on any atom is -0.547 e. The van der Waals surface area contributed by atoms with Crippen LogP contribution in [0.5, 0.6) is 5.75 Å². The van der Waals surface area contributed by atoms with Crippen LogP contribution < -0.4 is 9.29 Å². The molecule has 0 spiro atoms. The van der Waals surface area contributed by atoms with Gasteiger partial charge in [0.05, 0.1) is 5.97 Å². The summed E-state index contributed by atoms with van der Waals surface area (Å²) >= 11 is 0. The van der Waals surface area contributed by atoms with E-state index in [0.29, 0.717) is 0 Å². The fourth-order valence-corrected chi connectivity index (χ4v) is 1.80. The number of carbonyl (C=O) groups is 1. The molecule has 0 heterocycles. The van der Waals surface area contributed by atoms with Gasteiger partial charge >= 0.3 is 15.6 Å². The highest BCUT2D eigenvalue weighted by Gasteiger charge is 2.48. The molecule has 1 aromatic rings. The van der Waals surface area contributed by atoms with Crippen LogP contribution in [0.4, 0.5) is 13.2 Å². The molecule has 1 rings (SSSR count). The second-order valence-corrected chi connectivity index (χ2v) is 5.91. The SMILES string of the molecule is C[C@](O)(Cc1cccc(OS(=O)(=O)C(F)(F)F)c1)C(=O)[O-]. The number of alkyl halides is 3. The average Bonchev–Trinajstić information content (AvgIpc) is 2.26. The van der Waals surface area contributed by atoms with Gasteiger partial charge in [0, 0.05) is 6.42 Å². The zero-order valence-corrected chi connectivity index (χ0v) is 11.4. The Morgan fingerprint density at radius 2 is 1.95 bits per heavy atom. The molecule has 0 aliphatic carbocycles. The summed E-state index contributed by atoms with van der Waals surface area (Å²) < 4.78 is 62.0. The summed E-state index contributed by atoms with van der Waals surface area (Å²) in [6.07, 6.45) is -0.501. The molecule has 0 bridgehead atoms. The van der Waals surface area contributed by atoms with Crippen LogP contribution in [0.25, 0.3) is 0 Å². The second kappa shape index (κ2) is 5.53. The van der Waals surface area contributed by atoms with Crippen molar-refractivity contribution in [2.75, 3.05) is 0 Å². The highest BCUT2D eigenvalue weighted by Crippen LogP contribution is 2.27. The van der Waals surface area contributed by atoms with Crippen molar-refractivity contribution < 1.29 is 40.8 Å². The van der Waals surface area contributed by atoms with E-state index >= 15 is 0 Å². The molecule has 0 unspecified atom stereocenters. The monoisotopic (exact) mass is 327 g/mol. The van der Waals surface area contributed by atoms with Crippen molar-refractivity contribution >= 4 is 16.1 Å². The van der Waals surface area contributed by atoms with Gasteiger partial charge in [-0.1, -0.05) is 12.1 Å². The van der Waals surface area contributed by atoms with E-state index < -0.39 is 39.4 Å². The van der Waals surface area contributed by atoms with Crippen LogP contribution in [0.1, 0.15) is 12.5 Å². The quantitative estimate of drug-likeness (QED) is 0.601. The Kier molecular flexibility index (Phi) is 4.54. The molecule has 0 radical (unpaired) electrons. The van der Waals surface area contributed by atoms with E-state index in [0.717, 1.165) is 25.1 Å². The largest absolute Gasteiger partial charge is 0.547 e. The minimum atomic E-state index is -5.82. The molecule has 1 atom stereocenters. The van der Waals surface area contributed by atoms with Crippen LogP contribution in [0.2, 0.25) is 0 Å². The molecule has 0 aliphatic heterocycles. The maximum absolute atomic E-state index is 12.2. The molecule has 21 heavy (non-hydrogen) atoms. The first-order valence-electron chi connectivity index (χ1n) is 5.39. The smallest absolute Gasteiger partial charge is 0.534 e. The summed E-state index contributed by atoms with van der Waals surface area (Å²) in [5.41, 5.74) is -7.79. The number of hydrogen-bond donors (Lipinski definition) is 1. The summed E-state index contributed by atoms with van der Waals surface area (Å²) in [7, 11) is -5.82. The van der Waals surface area contributed by atoms with Crippen LogP contribution in [0, 0.1) is 0 Å². The van der Waals surface area contributed by atoms with Crippen molar-refractivity contribution in [1.29, 1.82) is 0 Å². The first-order valence-corrected chi connectivity index (χ1v) is 6.79. The van der Waals surface area contributed by atoms with E-state index in [1.165, 1.54) is 6.07 Å². The Bertz CT molecular complexity index is 636. The highest BCUT2D eigenvalue weighted by atomic mass is 32.2. The van der Waals surface area contributed by atoms with Crippen molar-refractivity contribution in [3.63, 3.8) is 0 Å². The summed E-state index contributed by atoms with van der Waals surface area (Å²) in [5, 5.41) is 20.1. The Labute approximate surface area is 117 Å². The second-order valence-electron chi connectivity index (χ2n) is 4.37. The number of aliphatic carboxylic acids is 1. The van der Waals surface area contributed by atoms with Gasteiger partial charge < -0.3 is 19.2 Å². The predicted molar refractivity (Wildman–Crippen MR) is 61.4 cm³/mol. The van der Waals surface area contributed by atoms with E-state index in [1.807, 2.05) is 0 Å². The lowest BCUT2D eigenvalue weighted by molar-refractivity contribution is -0.323. The van der Waals surface area contributed by atoms with E-state index in [-0.39, 0.29) is 5.56 Å². The standard InChI is InChI=1S/C11H11F3O6S/c1-10(17,9(15)16)6-7-3-2-4-8(5-7)20-21(18,19)11(12,13)14/h2-5,17H,6H2,1H3,(H,15,16)/p-1/t10-/m0/s1. The third kappa shape index (κ3) is 4.33. The van der Waals surface area contributed by atoms with Crippen LogP contribution >= 0.6 is 0 Å². The van der Waals surface area contributed by atoms with Crippen LogP contribution in [0.3, 0.4) is 0 Å². The molecule has 0 saturated heterocycles. The van der Waals surface area contributed by atoms with Gasteiger partial charge in [-0.3, -0.25) is 0 Å². The summed E-state index contributed by atoms with van der Waals surface area (Å²) in [6, 6.07) is 4.26. The molecule has 1 aromatic carbocycles. The van der Waals surface area contributed by atoms with Gasteiger partial charge in [0.25, 0.3) is 0 Å². The number of halogens is 3. The number of hydrogen-bond acceptors (Lipinski definition) is 6. The lowest BCUT2D eigenvalue weighted by Gasteiger charge is -2.24. The van der Waals surface area contributed by atoms with Crippen LogP contribution in [0.15, 0.2) is 24.3 Å². The van der Waals surface area contributed by atoms with Crippen LogP contribution in [-0.2, 0) is 21.3 Å². The van der Waals surface area contributed by atoms with Gasteiger partial charge in [-0.15, -0.1) is 0 Å². The molecule has 118 valence electrons. The summed E-state index contributed by atoms with van der Waals surface area (Å²) in [6.45, 7) is 0.933. The maximum Gasteiger partial charge on any atom is 0.534 e. The maximum atomic E-state index is 12.2. The molecular formula is C11H10F3O6S-. The molecule has 0 amide bonds.